The molecular formula is C22H33N3O2S. The smallest absolute Gasteiger partial charge is 0.263 e. The number of thiophene rings is 1. The molecule has 3 aliphatic rings. The van der Waals surface area contributed by atoms with E-state index in [2.05, 4.69) is 29.7 Å². The van der Waals surface area contributed by atoms with Crippen LogP contribution in [0.1, 0.15) is 53.2 Å². The van der Waals surface area contributed by atoms with Gasteiger partial charge in [0.2, 0.25) is 5.91 Å². The van der Waals surface area contributed by atoms with Crippen LogP contribution in [0, 0.1) is 11.8 Å². The molecule has 0 bridgehead atoms. The third-order valence-corrected chi connectivity index (χ3v) is 7.57. The molecule has 1 atom stereocenters. The summed E-state index contributed by atoms with van der Waals surface area (Å²) >= 11 is 1.66. The average Bonchev–Trinajstić information content (AvgIpc) is 3.36. The lowest BCUT2D eigenvalue weighted by molar-refractivity contribution is -0.137. The van der Waals surface area contributed by atoms with E-state index in [4.69, 9.17) is 0 Å². The third-order valence-electron chi connectivity index (χ3n) is 6.34. The van der Waals surface area contributed by atoms with Gasteiger partial charge in [0.05, 0.1) is 4.88 Å². The van der Waals surface area contributed by atoms with E-state index in [1.165, 1.54) is 10.4 Å². The van der Waals surface area contributed by atoms with Gasteiger partial charge in [-0.25, -0.2) is 0 Å². The minimum absolute atomic E-state index is 0.0912. The van der Waals surface area contributed by atoms with Gasteiger partial charge in [0.1, 0.15) is 0 Å². The van der Waals surface area contributed by atoms with E-state index in [9.17, 15) is 9.59 Å². The highest BCUT2D eigenvalue weighted by Gasteiger charge is 2.32. The standard InChI is InChI=1S/C22H33N3O2S/c1-16(2)15-23-9-11-25(12-10-23)21(26)17-5-6-19-18(13-17)14-20(28-19)22(27)24-7-3-4-8-24/h14,16-17H,3-13,15H2,1-2H3/t17-/m1/s1. The molecular weight excluding hydrogens is 370 g/mol. The van der Waals surface area contributed by atoms with Crippen molar-refractivity contribution >= 4 is 23.2 Å². The van der Waals surface area contributed by atoms with Crippen LogP contribution in [0.5, 0.6) is 0 Å². The maximum Gasteiger partial charge on any atom is 0.263 e. The molecule has 1 aliphatic carbocycles. The van der Waals surface area contributed by atoms with Crippen LogP contribution in [0.25, 0.3) is 0 Å². The lowest BCUT2D eigenvalue weighted by Crippen LogP contribution is -2.51. The fourth-order valence-electron chi connectivity index (χ4n) is 4.84. The van der Waals surface area contributed by atoms with E-state index in [0.717, 1.165) is 82.8 Å². The number of fused-ring (bicyclic) bond motifs is 1. The second-order valence-corrected chi connectivity index (χ2v) is 10.2. The number of rotatable bonds is 4. The first kappa shape index (κ1) is 19.9. The molecule has 28 heavy (non-hydrogen) atoms. The number of hydrogen-bond acceptors (Lipinski definition) is 4. The van der Waals surface area contributed by atoms with E-state index in [1.54, 1.807) is 11.3 Å². The highest BCUT2D eigenvalue weighted by Crippen LogP contribution is 2.34. The van der Waals surface area contributed by atoms with E-state index >= 15 is 0 Å². The van der Waals surface area contributed by atoms with Crippen LogP contribution in [0.2, 0.25) is 0 Å². The van der Waals surface area contributed by atoms with Gasteiger partial charge >= 0.3 is 0 Å². The zero-order valence-electron chi connectivity index (χ0n) is 17.3. The summed E-state index contributed by atoms with van der Waals surface area (Å²) in [5.41, 5.74) is 1.25. The summed E-state index contributed by atoms with van der Waals surface area (Å²) < 4.78 is 0. The van der Waals surface area contributed by atoms with Crippen LogP contribution in [-0.4, -0.2) is 72.3 Å². The Hall–Kier alpha value is -1.40. The first-order chi connectivity index (χ1) is 13.5. The number of hydrogen-bond donors (Lipinski definition) is 0. The van der Waals surface area contributed by atoms with Crippen molar-refractivity contribution in [1.29, 1.82) is 0 Å². The highest BCUT2D eigenvalue weighted by molar-refractivity contribution is 7.14. The predicted molar refractivity (Wildman–Crippen MR) is 113 cm³/mol. The molecule has 0 aromatic carbocycles. The largest absolute Gasteiger partial charge is 0.340 e. The van der Waals surface area contributed by atoms with Gasteiger partial charge in [-0.15, -0.1) is 11.3 Å². The Morgan fingerprint density at radius 2 is 1.79 bits per heavy atom. The van der Waals surface area contributed by atoms with Crippen LogP contribution in [-0.2, 0) is 17.6 Å². The maximum atomic E-state index is 13.1. The summed E-state index contributed by atoms with van der Waals surface area (Å²) in [4.78, 5) is 34.5. The number of piperazine rings is 1. The summed E-state index contributed by atoms with van der Waals surface area (Å²) in [6.45, 7) is 11.1. The summed E-state index contributed by atoms with van der Waals surface area (Å²) in [5.74, 6) is 1.29. The molecule has 0 saturated carbocycles. The van der Waals surface area contributed by atoms with Crippen molar-refractivity contribution in [3.05, 3.63) is 21.4 Å². The van der Waals surface area contributed by atoms with E-state index in [0.29, 0.717) is 11.8 Å². The Labute approximate surface area is 172 Å². The Morgan fingerprint density at radius 3 is 2.46 bits per heavy atom. The van der Waals surface area contributed by atoms with Crippen LogP contribution >= 0.6 is 11.3 Å². The first-order valence-corrected chi connectivity index (χ1v) is 11.7. The molecule has 2 fully saturated rings. The van der Waals surface area contributed by atoms with Gasteiger partial charge in [-0.05, 0) is 49.7 Å². The maximum absolute atomic E-state index is 13.1. The second-order valence-electron chi connectivity index (χ2n) is 9.02. The molecule has 0 unspecified atom stereocenters. The first-order valence-electron chi connectivity index (χ1n) is 10.9. The van der Waals surface area contributed by atoms with Gasteiger partial charge in [0.25, 0.3) is 5.91 Å². The van der Waals surface area contributed by atoms with Crippen molar-refractivity contribution in [1.82, 2.24) is 14.7 Å². The Bertz CT molecular complexity index is 715. The Kier molecular flexibility index (Phi) is 6.07. The van der Waals surface area contributed by atoms with E-state index < -0.39 is 0 Å². The number of carbonyl (C=O) groups excluding carboxylic acids is 2. The summed E-state index contributed by atoms with van der Waals surface area (Å²) in [6.07, 6.45) is 4.92. The van der Waals surface area contributed by atoms with Crippen LogP contribution in [0.15, 0.2) is 6.07 Å². The van der Waals surface area contributed by atoms with Crippen LogP contribution < -0.4 is 0 Å². The van der Waals surface area contributed by atoms with Crippen LogP contribution in [0.3, 0.4) is 0 Å². The van der Waals surface area contributed by atoms with Gasteiger partial charge in [0.15, 0.2) is 0 Å². The van der Waals surface area contributed by atoms with Gasteiger partial charge in [0, 0.05) is 56.6 Å². The molecule has 4 rings (SSSR count). The van der Waals surface area contributed by atoms with Crippen molar-refractivity contribution < 1.29 is 9.59 Å². The molecule has 2 aliphatic heterocycles. The van der Waals surface area contributed by atoms with Gasteiger partial charge in [-0.1, -0.05) is 13.8 Å². The average molecular weight is 404 g/mol. The van der Waals surface area contributed by atoms with E-state index in [-0.39, 0.29) is 11.8 Å². The fraction of sp³-hybridized carbons (Fsp3) is 0.727. The third kappa shape index (κ3) is 4.28. The number of nitrogens with zero attached hydrogens (tertiary/aromatic N) is 3. The molecule has 0 spiro atoms. The molecule has 5 nitrogen and oxygen atoms in total. The van der Waals surface area contributed by atoms with E-state index in [1.807, 2.05) is 4.90 Å². The Balaban J connectivity index is 1.35. The molecule has 154 valence electrons. The van der Waals surface area contributed by atoms with Crippen LogP contribution in [0.4, 0.5) is 0 Å². The van der Waals surface area contributed by atoms with Crippen molar-refractivity contribution in [3.8, 4) is 0 Å². The molecule has 2 saturated heterocycles. The number of likely N-dealkylation sites (tertiary alicyclic amines) is 1. The minimum atomic E-state index is 0.0912. The number of carbonyl (C=O) groups is 2. The zero-order valence-corrected chi connectivity index (χ0v) is 18.1. The number of aryl methyl sites for hydroxylation is 1. The summed E-state index contributed by atoms with van der Waals surface area (Å²) in [6, 6.07) is 2.08. The van der Waals surface area contributed by atoms with Crippen molar-refractivity contribution in [2.75, 3.05) is 45.8 Å². The zero-order chi connectivity index (χ0) is 19.7. The summed E-state index contributed by atoms with van der Waals surface area (Å²) in [7, 11) is 0. The molecule has 0 N–H and O–H groups in total. The van der Waals surface area contributed by atoms with Crippen molar-refractivity contribution in [2.45, 2.75) is 46.0 Å². The van der Waals surface area contributed by atoms with Gasteiger partial charge in [-0.3, -0.25) is 14.5 Å². The molecule has 1 aromatic heterocycles. The predicted octanol–water partition coefficient (Wildman–Crippen LogP) is 2.89. The van der Waals surface area contributed by atoms with Gasteiger partial charge in [-0.2, -0.15) is 0 Å². The lowest BCUT2D eigenvalue weighted by atomic mass is 9.87. The SMILES string of the molecule is CC(C)CN1CCN(C(=O)[C@@H]2CCc3sc(C(=O)N4CCCC4)cc3C2)CC1. The molecule has 3 heterocycles. The quantitative estimate of drug-likeness (QED) is 0.776. The highest BCUT2D eigenvalue weighted by atomic mass is 32.1. The molecule has 0 radical (unpaired) electrons. The topological polar surface area (TPSA) is 43.9 Å². The molecule has 2 amide bonds. The minimum Gasteiger partial charge on any atom is -0.340 e. The Morgan fingerprint density at radius 1 is 1.07 bits per heavy atom. The fourth-order valence-corrected chi connectivity index (χ4v) is 6.02. The monoisotopic (exact) mass is 403 g/mol. The molecule has 6 heteroatoms. The lowest BCUT2D eigenvalue weighted by Gasteiger charge is -2.37. The van der Waals surface area contributed by atoms with Gasteiger partial charge < -0.3 is 9.80 Å². The van der Waals surface area contributed by atoms with Crippen molar-refractivity contribution in [3.63, 3.8) is 0 Å². The summed E-state index contributed by atoms with van der Waals surface area (Å²) in [5, 5.41) is 0. The molecule has 1 aromatic rings. The number of amides is 2. The van der Waals surface area contributed by atoms with Crippen molar-refractivity contribution in [2.24, 2.45) is 11.8 Å². The second kappa shape index (κ2) is 8.54. The normalized spacial score (nSPS) is 23.3.